The molecule has 0 aromatic rings. The van der Waals surface area contributed by atoms with E-state index < -0.39 is 11.0 Å². The zero-order valence-corrected chi connectivity index (χ0v) is 14.3. The average Bonchev–Trinajstić information content (AvgIpc) is 2.48. The highest BCUT2D eigenvalue weighted by Crippen LogP contribution is 2.41. The zero-order valence-electron chi connectivity index (χ0n) is 14.3. The van der Waals surface area contributed by atoms with Crippen LogP contribution in [0.4, 0.5) is 4.79 Å². The molecule has 2 aliphatic heterocycles. The fourth-order valence-corrected chi connectivity index (χ4v) is 3.09. The van der Waals surface area contributed by atoms with Crippen molar-refractivity contribution >= 4 is 12.0 Å². The number of amides is 2. The summed E-state index contributed by atoms with van der Waals surface area (Å²) in [6, 6.07) is 0. The second kappa shape index (κ2) is 6.22. The lowest BCUT2D eigenvalue weighted by atomic mass is 9.71. The maximum atomic E-state index is 12.5. The van der Waals surface area contributed by atoms with E-state index >= 15 is 0 Å². The molecule has 126 valence electrons. The minimum Gasteiger partial charge on any atom is -0.444 e. The van der Waals surface area contributed by atoms with Crippen LogP contribution < -0.4 is 5.32 Å². The van der Waals surface area contributed by atoms with E-state index in [0.29, 0.717) is 32.4 Å². The van der Waals surface area contributed by atoms with Crippen LogP contribution in [0.3, 0.4) is 0 Å². The maximum Gasteiger partial charge on any atom is 0.410 e. The van der Waals surface area contributed by atoms with Crippen LogP contribution in [0.1, 0.15) is 40.0 Å². The van der Waals surface area contributed by atoms with Crippen LogP contribution in [-0.2, 0) is 9.53 Å². The van der Waals surface area contributed by atoms with Gasteiger partial charge in [-0.1, -0.05) is 19.2 Å². The topological polar surface area (TPSA) is 58.6 Å². The first-order valence-corrected chi connectivity index (χ1v) is 7.98. The van der Waals surface area contributed by atoms with Gasteiger partial charge in [0.2, 0.25) is 5.91 Å². The van der Waals surface area contributed by atoms with Gasteiger partial charge in [-0.3, -0.25) is 4.79 Å². The number of carbonyl (C=O) groups is 2. The van der Waals surface area contributed by atoms with Crippen molar-refractivity contribution in [3.63, 3.8) is 0 Å². The third-order valence-electron chi connectivity index (χ3n) is 4.43. The minimum absolute atomic E-state index is 0.0156. The van der Waals surface area contributed by atoms with Crippen molar-refractivity contribution in [3.05, 3.63) is 36.6 Å². The van der Waals surface area contributed by atoms with Crippen LogP contribution in [0.25, 0.3) is 0 Å². The fraction of sp³-hybridized carbons (Fsp3) is 0.556. The Morgan fingerprint density at radius 2 is 1.87 bits per heavy atom. The minimum atomic E-state index is -0.508. The summed E-state index contributed by atoms with van der Waals surface area (Å²) in [5.74, 6) is 0.0156. The lowest BCUT2D eigenvalue weighted by Crippen LogP contribution is -2.52. The Bertz CT molecular complexity index is 561. The normalized spacial score (nSPS) is 21.0. The van der Waals surface area contributed by atoms with Gasteiger partial charge in [0.25, 0.3) is 0 Å². The van der Waals surface area contributed by atoms with Gasteiger partial charge >= 0.3 is 6.09 Å². The molecule has 2 amide bonds. The number of piperidine rings is 1. The van der Waals surface area contributed by atoms with E-state index in [1.54, 1.807) is 17.1 Å². The van der Waals surface area contributed by atoms with Gasteiger partial charge in [-0.25, -0.2) is 4.79 Å². The first kappa shape index (κ1) is 17.3. The van der Waals surface area contributed by atoms with Gasteiger partial charge < -0.3 is 15.0 Å². The Balaban J connectivity index is 2.07. The van der Waals surface area contributed by atoms with Crippen molar-refractivity contribution in [1.82, 2.24) is 10.2 Å². The molecule has 0 atom stereocenters. The average molecular weight is 318 g/mol. The predicted molar refractivity (Wildman–Crippen MR) is 89.7 cm³/mol. The van der Waals surface area contributed by atoms with E-state index in [4.69, 9.17) is 4.74 Å². The molecule has 23 heavy (non-hydrogen) atoms. The summed E-state index contributed by atoms with van der Waals surface area (Å²) in [5, 5.41) is 2.93. The summed E-state index contributed by atoms with van der Waals surface area (Å²) in [6.07, 6.45) is 5.01. The van der Waals surface area contributed by atoms with Crippen LogP contribution in [0.15, 0.2) is 36.6 Å². The Kier molecular flexibility index (Phi) is 4.68. The number of nitrogens with zero attached hydrogens (tertiary/aromatic N) is 1. The number of nitrogens with one attached hydrogen (secondary N) is 1. The summed E-state index contributed by atoms with van der Waals surface area (Å²) in [6.45, 7) is 14.2. The molecule has 2 rings (SSSR count). The van der Waals surface area contributed by atoms with Gasteiger partial charge in [0, 0.05) is 18.8 Å². The smallest absolute Gasteiger partial charge is 0.410 e. The number of allylic oxidation sites excluding steroid dienone is 3. The van der Waals surface area contributed by atoms with Crippen LogP contribution in [0, 0.1) is 5.41 Å². The van der Waals surface area contributed by atoms with Crippen LogP contribution >= 0.6 is 0 Å². The monoisotopic (exact) mass is 318 g/mol. The highest BCUT2D eigenvalue weighted by molar-refractivity contribution is 5.87. The van der Waals surface area contributed by atoms with Crippen molar-refractivity contribution < 1.29 is 14.3 Å². The second-order valence-electron chi connectivity index (χ2n) is 7.23. The van der Waals surface area contributed by atoms with Gasteiger partial charge in [-0.15, -0.1) is 0 Å². The summed E-state index contributed by atoms with van der Waals surface area (Å²) < 4.78 is 5.40. The third kappa shape index (κ3) is 3.66. The van der Waals surface area contributed by atoms with Crippen molar-refractivity contribution in [2.24, 2.45) is 5.41 Å². The summed E-state index contributed by atoms with van der Waals surface area (Å²) in [5.41, 5.74) is 0.774. The molecule has 0 aliphatic carbocycles. The van der Waals surface area contributed by atoms with E-state index in [2.05, 4.69) is 18.5 Å². The molecule has 0 saturated carbocycles. The standard InChI is InChI=1S/C18H26N2O3/c1-6-13-12-18(15(21)19-14(13)7-2)8-10-20(11-9-18)16(22)23-17(3,4)5/h6-7H,1-2,8-12H2,3-5H3,(H,19,21). The molecule has 0 aromatic carbocycles. The SMILES string of the molecule is C=CC1=C(C=C)NC(=O)C2(CCN(C(=O)OC(C)(C)C)CC2)C1. The fourth-order valence-electron chi connectivity index (χ4n) is 3.09. The number of likely N-dealkylation sites (tertiary alicyclic amines) is 1. The van der Waals surface area contributed by atoms with Crippen LogP contribution in [-0.4, -0.2) is 35.6 Å². The molecule has 0 aromatic heterocycles. The first-order valence-electron chi connectivity index (χ1n) is 7.98. The molecule has 1 saturated heterocycles. The quantitative estimate of drug-likeness (QED) is 0.851. The van der Waals surface area contributed by atoms with Gasteiger partial charge in [-0.05, 0) is 51.7 Å². The van der Waals surface area contributed by atoms with E-state index in [1.165, 1.54) is 0 Å². The highest BCUT2D eigenvalue weighted by Gasteiger charge is 2.45. The van der Waals surface area contributed by atoms with E-state index in [1.807, 2.05) is 20.8 Å². The van der Waals surface area contributed by atoms with Gasteiger partial charge in [0.15, 0.2) is 0 Å². The molecule has 5 heteroatoms. The van der Waals surface area contributed by atoms with E-state index in [-0.39, 0.29) is 12.0 Å². The van der Waals surface area contributed by atoms with E-state index in [0.717, 1.165) is 11.3 Å². The maximum absolute atomic E-state index is 12.5. The van der Waals surface area contributed by atoms with Gasteiger partial charge in [0.1, 0.15) is 5.60 Å². The number of carbonyl (C=O) groups excluding carboxylic acids is 2. The summed E-state index contributed by atoms with van der Waals surface area (Å²) in [4.78, 5) is 26.4. The van der Waals surface area contributed by atoms with Crippen LogP contribution in [0.5, 0.6) is 0 Å². The molecule has 1 spiro atoms. The summed E-state index contributed by atoms with van der Waals surface area (Å²) in [7, 11) is 0. The highest BCUT2D eigenvalue weighted by atomic mass is 16.6. The lowest BCUT2D eigenvalue weighted by molar-refractivity contribution is -0.133. The molecule has 0 unspecified atom stereocenters. The van der Waals surface area contributed by atoms with Gasteiger partial charge in [0.05, 0.1) is 5.41 Å². The number of ether oxygens (including phenoxy) is 1. The van der Waals surface area contributed by atoms with Crippen molar-refractivity contribution in [3.8, 4) is 0 Å². The third-order valence-corrected chi connectivity index (χ3v) is 4.43. The van der Waals surface area contributed by atoms with Crippen molar-refractivity contribution in [2.45, 2.75) is 45.6 Å². The van der Waals surface area contributed by atoms with Crippen molar-refractivity contribution in [2.75, 3.05) is 13.1 Å². The van der Waals surface area contributed by atoms with Gasteiger partial charge in [-0.2, -0.15) is 0 Å². The molecule has 2 heterocycles. The molecule has 0 radical (unpaired) electrons. The molecule has 5 nitrogen and oxygen atoms in total. The zero-order chi connectivity index (χ0) is 17.3. The molecule has 1 fully saturated rings. The Morgan fingerprint density at radius 3 is 2.35 bits per heavy atom. The Labute approximate surface area is 138 Å². The predicted octanol–water partition coefficient (Wildman–Crippen LogP) is 3.15. The summed E-state index contributed by atoms with van der Waals surface area (Å²) >= 11 is 0. The van der Waals surface area contributed by atoms with E-state index in [9.17, 15) is 9.59 Å². The Morgan fingerprint density at radius 1 is 1.26 bits per heavy atom. The largest absolute Gasteiger partial charge is 0.444 e. The molecule has 2 aliphatic rings. The second-order valence-corrected chi connectivity index (χ2v) is 7.23. The number of hydrogen-bond donors (Lipinski definition) is 1. The van der Waals surface area contributed by atoms with Crippen LogP contribution in [0.2, 0.25) is 0 Å². The van der Waals surface area contributed by atoms with Crippen molar-refractivity contribution in [1.29, 1.82) is 0 Å². The molecular formula is C18H26N2O3. The number of rotatable bonds is 2. The number of hydrogen-bond acceptors (Lipinski definition) is 3. The molecule has 0 bridgehead atoms. The Hall–Kier alpha value is -2.04. The lowest BCUT2D eigenvalue weighted by Gasteiger charge is -2.43. The first-order chi connectivity index (χ1) is 10.7. The molecule has 1 N–H and O–H groups in total. The molecular weight excluding hydrogens is 292 g/mol.